The van der Waals surface area contributed by atoms with Gasteiger partial charge in [-0.1, -0.05) is 0 Å². The van der Waals surface area contributed by atoms with Crippen molar-refractivity contribution in [3.63, 3.8) is 0 Å². The molecule has 0 spiro atoms. The van der Waals surface area contributed by atoms with Crippen molar-refractivity contribution >= 4 is 17.8 Å². The second kappa shape index (κ2) is 3.76. The highest BCUT2D eigenvalue weighted by molar-refractivity contribution is 5.95. The predicted molar refractivity (Wildman–Crippen MR) is 51.6 cm³/mol. The minimum atomic E-state index is -0.534. The van der Waals surface area contributed by atoms with Gasteiger partial charge in [0.25, 0.3) is 0 Å². The highest BCUT2D eigenvalue weighted by Gasteiger charge is 2.25. The van der Waals surface area contributed by atoms with Crippen molar-refractivity contribution in [2.45, 2.75) is 12.8 Å². The Hall–Kier alpha value is -1.78. The SMILES string of the molecule is COC(=O)c1ccc(N2CCCC2=O)o1. The summed E-state index contributed by atoms with van der Waals surface area (Å²) in [4.78, 5) is 24.0. The number of ether oxygens (including phenoxy) is 1. The first-order chi connectivity index (χ1) is 7.22. The van der Waals surface area contributed by atoms with Crippen molar-refractivity contribution in [1.29, 1.82) is 0 Å². The summed E-state index contributed by atoms with van der Waals surface area (Å²) in [5.74, 6) is 0.0266. The Morgan fingerprint density at radius 2 is 2.33 bits per heavy atom. The average Bonchev–Trinajstić information content (AvgIpc) is 2.84. The van der Waals surface area contributed by atoms with Crippen LogP contribution in [0.15, 0.2) is 16.5 Å². The first-order valence-corrected chi connectivity index (χ1v) is 4.71. The zero-order valence-electron chi connectivity index (χ0n) is 8.36. The molecule has 1 saturated heterocycles. The summed E-state index contributed by atoms with van der Waals surface area (Å²) in [5, 5.41) is 0. The fourth-order valence-corrected chi connectivity index (χ4v) is 1.56. The summed E-state index contributed by atoms with van der Waals surface area (Å²) in [7, 11) is 1.28. The van der Waals surface area contributed by atoms with E-state index in [1.165, 1.54) is 18.1 Å². The molecule has 1 amide bonds. The van der Waals surface area contributed by atoms with Crippen LogP contribution in [-0.4, -0.2) is 25.5 Å². The molecular weight excluding hydrogens is 198 g/mol. The number of esters is 1. The van der Waals surface area contributed by atoms with Crippen molar-refractivity contribution in [3.05, 3.63) is 17.9 Å². The molecule has 1 aliphatic rings. The molecule has 15 heavy (non-hydrogen) atoms. The number of anilines is 1. The standard InChI is InChI=1S/C10H11NO4/c1-14-10(13)7-4-5-9(15-7)11-6-2-3-8(11)12/h4-5H,2-3,6H2,1H3. The van der Waals surface area contributed by atoms with Crippen LogP contribution in [0.25, 0.3) is 0 Å². The third-order valence-corrected chi connectivity index (χ3v) is 2.32. The lowest BCUT2D eigenvalue weighted by atomic mass is 10.4. The number of methoxy groups -OCH3 is 1. The van der Waals surface area contributed by atoms with E-state index >= 15 is 0 Å². The molecule has 0 N–H and O–H groups in total. The van der Waals surface area contributed by atoms with Crippen LogP contribution in [-0.2, 0) is 9.53 Å². The Labute approximate surface area is 86.6 Å². The van der Waals surface area contributed by atoms with Gasteiger partial charge in [-0.05, 0) is 12.5 Å². The lowest BCUT2D eigenvalue weighted by Crippen LogP contribution is -2.22. The van der Waals surface area contributed by atoms with Gasteiger partial charge in [-0.15, -0.1) is 0 Å². The van der Waals surface area contributed by atoms with Crippen molar-refractivity contribution in [2.75, 3.05) is 18.6 Å². The molecule has 0 bridgehead atoms. The minimum absolute atomic E-state index is 0.0285. The summed E-state index contributed by atoms with van der Waals surface area (Å²) in [6.45, 7) is 0.646. The van der Waals surface area contributed by atoms with Crippen LogP contribution in [0.5, 0.6) is 0 Å². The zero-order chi connectivity index (χ0) is 10.8. The van der Waals surface area contributed by atoms with E-state index in [4.69, 9.17) is 4.42 Å². The van der Waals surface area contributed by atoms with Gasteiger partial charge in [0.2, 0.25) is 17.6 Å². The van der Waals surface area contributed by atoms with E-state index in [9.17, 15) is 9.59 Å². The third kappa shape index (κ3) is 1.72. The number of carbonyl (C=O) groups is 2. The van der Waals surface area contributed by atoms with Gasteiger partial charge >= 0.3 is 5.97 Å². The summed E-state index contributed by atoms with van der Waals surface area (Å²) < 4.78 is 9.72. The Kier molecular flexibility index (Phi) is 2.45. The first kappa shape index (κ1) is 9.76. The molecule has 0 aliphatic carbocycles. The molecule has 1 aromatic heterocycles. The maximum absolute atomic E-state index is 11.4. The van der Waals surface area contributed by atoms with Gasteiger partial charge in [-0.2, -0.15) is 0 Å². The van der Waals surface area contributed by atoms with Crippen LogP contribution in [0, 0.1) is 0 Å². The third-order valence-electron chi connectivity index (χ3n) is 2.32. The second-order valence-corrected chi connectivity index (χ2v) is 3.28. The van der Waals surface area contributed by atoms with Crippen molar-refractivity contribution in [1.82, 2.24) is 0 Å². The second-order valence-electron chi connectivity index (χ2n) is 3.28. The molecule has 2 heterocycles. The molecule has 0 unspecified atom stereocenters. The maximum Gasteiger partial charge on any atom is 0.374 e. The summed E-state index contributed by atoms with van der Waals surface area (Å²) in [6.07, 6.45) is 1.36. The van der Waals surface area contributed by atoms with Crippen molar-refractivity contribution < 1.29 is 18.7 Å². The van der Waals surface area contributed by atoms with Gasteiger partial charge in [0.05, 0.1) is 7.11 Å². The quantitative estimate of drug-likeness (QED) is 0.686. The highest BCUT2D eigenvalue weighted by atomic mass is 16.5. The molecule has 1 aliphatic heterocycles. The van der Waals surface area contributed by atoms with E-state index < -0.39 is 5.97 Å². The Morgan fingerprint density at radius 1 is 1.53 bits per heavy atom. The van der Waals surface area contributed by atoms with E-state index in [-0.39, 0.29) is 11.7 Å². The molecule has 5 heteroatoms. The van der Waals surface area contributed by atoms with Gasteiger partial charge in [0.1, 0.15) is 0 Å². The Bertz CT molecular complexity index is 396. The predicted octanol–water partition coefficient (Wildman–Crippen LogP) is 1.19. The fourth-order valence-electron chi connectivity index (χ4n) is 1.56. The number of hydrogen-bond acceptors (Lipinski definition) is 4. The molecule has 2 rings (SSSR count). The normalized spacial score (nSPS) is 15.8. The molecule has 80 valence electrons. The largest absolute Gasteiger partial charge is 0.463 e. The van der Waals surface area contributed by atoms with Crippen LogP contribution in [0.1, 0.15) is 23.4 Å². The highest BCUT2D eigenvalue weighted by Crippen LogP contribution is 2.23. The molecule has 0 aromatic carbocycles. The number of rotatable bonds is 2. The lowest BCUT2D eigenvalue weighted by Gasteiger charge is -2.10. The molecular formula is C10H11NO4. The molecule has 1 aromatic rings. The van der Waals surface area contributed by atoms with E-state index in [0.717, 1.165) is 6.42 Å². The van der Waals surface area contributed by atoms with Crippen LogP contribution in [0.2, 0.25) is 0 Å². The van der Waals surface area contributed by atoms with Gasteiger partial charge in [-0.3, -0.25) is 9.69 Å². The lowest BCUT2D eigenvalue weighted by molar-refractivity contribution is -0.117. The van der Waals surface area contributed by atoms with Gasteiger partial charge in [0.15, 0.2) is 0 Å². The van der Waals surface area contributed by atoms with E-state index in [2.05, 4.69) is 4.74 Å². The number of carbonyl (C=O) groups excluding carboxylic acids is 2. The van der Waals surface area contributed by atoms with Crippen LogP contribution in [0.4, 0.5) is 5.88 Å². The molecule has 0 radical (unpaired) electrons. The molecule has 5 nitrogen and oxygen atoms in total. The van der Waals surface area contributed by atoms with Gasteiger partial charge < -0.3 is 9.15 Å². The van der Waals surface area contributed by atoms with Gasteiger partial charge in [0, 0.05) is 19.0 Å². The Balaban J connectivity index is 2.19. The first-order valence-electron chi connectivity index (χ1n) is 4.71. The van der Waals surface area contributed by atoms with Crippen LogP contribution >= 0.6 is 0 Å². The number of amides is 1. The fraction of sp³-hybridized carbons (Fsp3) is 0.400. The van der Waals surface area contributed by atoms with Crippen LogP contribution in [0.3, 0.4) is 0 Å². The van der Waals surface area contributed by atoms with Crippen molar-refractivity contribution in [2.24, 2.45) is 0 Å². The average molecular weight is 209 g/mol. The van der Waals surface area contributed by atoms with E-state index in [1.54, 1.807) is 6.07 Å². The summed E-state index contributed by atoms with van der Waals surface area (Å²) in [6, 6.07) is 3.11. The van der Waals surface area contributed by atoms with E-state index in [1.807, 2.05) is 0 Å². The zero-order valence-corrected chi connectivity index (χ0v) is 8.36. The summed E-state index contributed by atoms with van der Waals surface area (Å²) in [5.41, 5.74) is 0. The molecule has 0 atom stereocenters. The van der Waals surface area contributed by atoms with Crippen LogP contribution < -0.4 is 4.90 Å². The molecule has 0 saturated carbocycles. The van der Waals surface area contributed by atoms with Crippen molar-refractivity contribution in [3.8, 4) is 0 Å². The topological polar surface area (TPSA) is 59.8 Å². The summed E-state index contributed by atoms with van der Waals surface area (Å²) >= 11 is 0. The number of nitrogens with zero attached hydrogens (tertiary/aromatic N) is 1. The maximum atomic E-state index is 11.4. The van der Waals surface area contributed by atoms with E-state index in [0.29, 0.717) is 18.8 Å². The minimum Gasteiger partial charge on any atom is -0.463 e. The Morgan fingerprint density at radius 3 is 2.93 bits per heavy atom. The number of furan rings is 1. The molecule has 1 fully saturated rings. The van der Waals surface area contributed by atoms with Gasteiger partial charge in [-0.25, -0.2) is 4.79 Å². The smallest absolute Gasteiger partial charge is 0.374 e. The number of hydrogen-bond donors (Lipinski definition) is 0. The monoisotopic (exact) mass is 209 g/mol.